The van der Waals surface area contributed by atoms with Crippen molar-refractivity contribution in [1.29, 1.82) is 5.26 Å². The van der Waals surface area contributed by atoms with Crippen LogP contribution in [-0.4, -0.2) is 8.42 Å². The Hall–Kier alpha value is -3.01. The number of benzene rings is 3. The zero-order valence-electron chi connectivity index (χ0n) is 13.5. The lowest BCUT2D eigenvalue weighted by Gasteiger charge is -2.10. The minimum Gasteiger partial charge on any atom is -0.356 e. The van der Waals surface area contributed by atoms with E-state index >= 15 is 0 Å². The Kier molecular flexibility index (Phi) is 5.12. The van der Waals surface area contributed by atoms with Crippen LogP contribution in [0.5, 0.6) is 0 Å². The van der Waals surface area contributed by atoms with Gasteiger partial charge in [0, 0.05) is 22.1 Å². The molecule has 0 bridgehead atoms. The smallest absolute Gasteiger partial charge is 0.261 e. The van der Waals surface area contributed by atoms with Crippen LogP contribution < -0.4 is 10.0 Å². The Bertz CT molecular complexity index is 1060. The van der Waals surface area contributed by atoms with Crippen molar-refractivity contribution >= 4 is 38.7 Å². The van der Waals surface area contributed by atoms with Crippen LogP contribution in [0.15, 0.2) is 77.7 Å². The summed E-state index contributed by atoms with van der Waals surface area (Å²) < 4.78 is 27.3. The Balaban J connectivity index is 1.72. The molecule has 0 unspecified atom stereocenters. The molecule has 3 rings (SSSR count). The molecule has 0 aliphatic heterocycles. The van der Waals surface area contributed by atoms with Crippen LogP contribution in [0, 0.1) is 11.3 Å². The Morgan fingerprint density at radius 1 is 0.846 bits per heavy atom. The van der Waals surface area contributed by atoms with Crippen LogP contribution in [-0.2, 0) is 10.0 Å². The minimum absolute atomic E-state index is 0.102. The molecule has 0 radical (unpaired) electrons. The maximum Gasteiger partial charge on any atom is 0.261 e. The first-order chi connectivity index (χ1) is 12.5. The third kappa shape index (κ3) is 4.33. The number of anilines is 3. The summed E-state index contributed by atoms with van der Waals surface area (Å²) in [5, 5.41) is 12.3. The standard InChI is InChI=1S/C19H14ClN3O2S/c20-15-2-1-3-19(12-15)26(24,25)23-18-10-8-17(9-11-18)22-16-6-4-14(13-21)5-7-16/h1-12,22-23H. The number of nitriles is 1. The van der Waals surface area contributed by atoms with E-state index < -0.39 is 10.0 Å². The molecule has 5 nitrogen and oxygen atoms in total. The molecular formula is C19H14ClN3O2S. The highest BCUT2D eigenvalue weighted by Gasteiger charge is 2.14. The van der Waals surface area contributed by atoms with Gasteiger partial charge in [-0.05, 0) is 66.7 Å². The Labute approximate surface area is 156 Å². The summed E-state index contributed by atoms with van der Waals surface area (Å²) in [4.78, 5) is 0.102. The molecule has 7 heteroatoms. The molecule has 0 heterocycles. The van der Waals surface area contributed by atoms with Gasteiger partial charge in [0.2, 0.25) is 0 Å². The van der Waals surface area contributed by atoms with E-state index in [1.165, 1.54) is 12.1 Å². The van der Waals surface area contributed by atoms with Crippen LogP contribution in [0.1, 0.15) is 5.56 Å². The third-order valence-electron chi connectivity index (χ3n) is 3.55. The number of nitrogens with one attached hydrogen (secondary N) is 2. The summed E-state index contributed by atoms with van der Waals surface area (Å²) in [7, 11) is -3.70. The van der Waals surface area contributed by atoms with Gasteiger partial charge >= 0.3 is 0 Å². The van der Waals surface area contributed by atoms with E-state index in [1.54, 1.807) is 60.7 Å². The maximum atomic E-state index is 12.4. The van der Waals surface area contributed by atoms with E-state index in [9.17, 15) is 8.42 Å². The lowest BCUT2D eigenvalue weighted by molar-refractivity contribution is 0.601. The number of hydrogen-bond acceptors (Lipinski definition) is 4. The number of sulfonamides is 1. The summed E-state index contributed by atoms with van der Waals surface area (Å²) in [6.45, 7) is 0. The first kappa shape index (κ1) is 17.8. The fourth-order valence-corrected chi connectivity index (χ4v) is 3.62. The molecule has 3 aromatic rings. The molecule has 130 valence electrons. The molecule has 0 saturated carbocycles. The predicted molar refractivity (Wildman–Crippen MR) is 103 cm³/mol. The number of nitrogens with zero attached hydrogens (tertiary/aromatic N) is 1. The van der Waals surface area contributed by atoms with Gasteiger partial charge in [0.1, 0.15) is 0 Å². The molecule has 0 aliphatic rings. The quantitative estimate of drug-likeness (QED) is 0.665. The first-order valence-corrected chi connectivity index (χ1v) is 9.48. The number of rotatable bonds is 5. The van der Waals surface area contributed by atoms with Crippen LogP contribution in [0.2, 0.25) is 5.02 Å². The second kappa shape index (κ2) is 7.48. The average molecular weight is 384 g/mol. The van der Waals surface area contributed by atoms with Crippen molar-refractivity contribution in [1.82, 2.24) is 0 Å². The molecule has 0 amide bonds. The topological polar surface area (TPSA) is 82.0 Å². The summed E-state index contributed by atoms with van der Waals surface area (Å²) in [6, 6.07) is 22.0. The van der Waals surface area contributed by atoms with Gasteiger partial charge in [0.15, 0.2) is 0 Å². The maximum absolute atomic E-state index is 12.4. The third-order valence-corrected chi connectivity index (χ3v) is 5.16. The van der Waals surface area contributed by atoms with Crippen molar-refractivity contribution in [3.05, 3.63) is 83.4 Å². The lowest BCUT2D eigenvalue weighted by Crippen LogP contribution is -2.12. The molecule has 26 heavy (non-hydrogen) atoms. The van der Waals surface area contributed by atoms with Gasteiger partial charge < -0.3 is 5.32 Å². The first-order valence-electron chi connectivity index (χ1n) is 7.62. The number of hydrogen-bond donors (Lipinski definition) is 2. The fraction of sp³-hybridized carbons (Fsp3) is 0. The zero-order chi connectivity index (χ0) is 18.6. The van der Waals surface area contributed by atoms with Crippen LogP contribution in [0.25, 0.3) is 0 Å². The van der Waals surface area contributed by atoms with E-state index in [1.807, 2.05) is 0 Å². The summed E-state index contributed by atoms with van der Waals surface area (Å²) >= 11 is 5.85. The van der Waals surface area contributed by atoms with Crippen molar-refractivity contribution in [2.45, 2.75) is 4.90 Å². The molecule has 0 aliphatic carbocycles. The van der Waals surface area contributed by atoms with E-state index in [4.69, 9.17) is 16.9 Å². The zero-order valence-corrected chi connectivity index (χ0v) is 15.1. The van der Waals surface area contributed by atoms with Gasteiger partial charge in [0.25, 0.3) is 10.0 Å². The minimum atomic E-state index is -3.70. The SMILES string of the molecule is N#Cc1ccc(Nc2ccc(NS(=O)(=O)c3cccc(Cl)c3)cc2)cc1. The molecule has 0 spiro atoms. The fourth-order valence-electron chi connectivity index (χ4n) is 2.26. The second-order valence-corrected chi connectivity index (χ2v) is 7.57. The van der Waals surface area contributed by atoms with Crippen LogP contribution >= 0.6 is 11.6 Å². The van der Waals surface area contributed by atoms with Gasteiger partial charge in [-0.15, -0.1) is 0 Å². The molecular weight excluding hydrogens is 370 g/mol. The summed E-state index contributed by atoms with van der Waals surface area (Å²) in [6.07, 6.45) is 0. The largest absolute Gasteiger partial charge is 0.356 e. The van der Waals surface area contributed by atoms with Crippen molar-refractivity contribution < 1.29 is 8.42 Å². The number of halogens is 1. The van der Waals surface area contributed by atoms with Gasteiger partial charge in [-0.3, -0.25) is 4.72 Å². The molecule has 2 N–H and O–H groups in total. The van der Waals surface area contributed by atoms with Crippen LogP contribution in [0.4, 0.5) is 17.1 Å². The van der Waals surface area contributed by atoms with E-state index in [0.29, 0.717) is 16.3 Å². The lowest BCUT2D eigenvalue weighted by atomic mass is 10.2. The molecule has 0 atom stereocenters. The summed E-state index contributed by atoms with van der Waals surface area (Å²) in [5.74, 6) is 0. The normalized spacial score (nSPS) is 10.8. The average Bonchev–Trinajstić information content (AvgIpc) is 2.64. The van der Waals surface area contributed by atoms with E-state index in [-0.39, 0.29) is 4.90 Å². The van der Waals surface area contributed by atoms with E-state index in [0.717, 1.165) is 11.4 Å². The Morgan fingerprint density at radius 3 is 2.00 bits per heavy atom. The molecule has 3 aromatic carbocycles. The van der Waals surface area contributed by atoms with Gasteiger partial charge in [-0.25, -0.2) is 8.42 Å². The van der Waals surface area contributed by atoms with E-state index in [2.05, 4.69) is 16.1 Å². The van der Waals surface area contributed by atoms with Gasteiger partial charge in [-0.2, -0.15) is 5.26 Å². The van der Waals surface area contributed by atoms with Gasteiger partial charge in [-0.1, -0.05) is 17.7 Å². The van der Waals surface area contributed by atoms with Crippen molar-refractivity contribution in [2.24, 2.45) is 0 Å². The predicted octanol–water partition coefficient (Wildman–Crippen LogP) is 4.76. The van der Waals surface area contributed by atoms with Crippen molar-refractivity contribution in [3.8, 4) is 6.07 Å². The molecule has 0 fully saturated rings. The summed E-state index contributed by atoms with van der Waals surface area (Å²) in [5.41, 5.74) is 2.65. The molecule has 0 saturated heterocycles. The second-order valence-electron chi connectivity index (χ2n) is 5.45. The highest BCUT2D eigenvalue weighted by Crippen LogP contribution is 2.22. The highest BCUT2D eigenvalue weighted by atomic mass is 35.5. The van der Waals surface area contributed by atoms with Crippen molar-refractivity contribution in [2.75, 3.05) is 10.0 Å². The van der Waals surface area contributed by atoms with Crippen molar-refractivity contribution in [3.63, 3.8) is 0 Å². The monoisotopic (exact) mass is 383 g/mol. The highest BCUT2D eigenvalue weighted by molar-refractivity contribution is 7.92. The van der Waals surface area contributed by atoms with Gasteiger partial charge in [0.05, 0.1) is 16.5 Å². The van der Waals surface area contributed by atoms with Crippen LogP contribution in [0.3, 0.4) is 0 Å². The Morgan fingerprint density at radius 2 is 1.42 bits per heavy atom. The molecule has 0 aromatic heterocycles.